The van der Waals surface area contributed by atoms with Crippen molar-refractivity contribution >= 4 is 33.6 Å². The van der Waals surface area contributed by atoms with E-state index in [1.165, 1.54) is 15.3 Å². The Hall–Kier alpha value is -2.08. The molecule has 130 valence electrons. The van der Waals surface area contributed by atoms with E-state index in [4.69, 9.17) is 0 Å². The highest BCUT2D eigenvalue weighted by Crippen LogP contribution is 2.40. The van der Waals surface area contributed by atoms with E-state index < -0.39 is 0 Å². The normalized spacial score (nSPS) is 17.5. The molecule has 1 aliphatic heterocycles. The van der Waals surface area contributed by atoms with Crippen molar-refractivity contribution in [2.24, 2.45) is 0 Å². The molecule has 0 saturated carbocycles. The Morgan fingerprint density at radius 1 is 1.08 bits per heavy atom. The zero-order valence-electron chi connectivity index (χ0n) is 14.1. The smallest absolute Gasteiger partial charge is 0.132 e. The molecule has 26 heavy (non-hydrogen) atoms. The van der Waals surface area contributed by atoms with Gasteiger partial charge in [-0.3, -0.25) is 9.88 Å². The summed E-state index contributed by atoms with van der Waals surface area (Å²) < 4.78 is 14.1. The molecule has 5 rings (SSSR count). The largest absolute Gasteiger partial charge is 0.287 e. The van der Waals surface area contributed by atoms with Crippen LogP contribution < -0.4 is 0 Å². The third kappa shape index (κ3) is 2.67. The Labute approximate surface area is 159 Å². The van der Waals surface area contributed by atoms with Gasteiger partial charge in [0.2, 0.25) is 0 Å². The van der Waals surface area contributed by atoms with Crippen LogP contribution in [0.3, 0.4) is 0 Å². The number of thiophene rings is 2. The van der Waals surface area contributed by atoms with Crippen molar-refractivity contribution < 1.29 is 4.39 Å². The van der Waals surface area contributed by atoms with Crippen LogP contribution in [0.4, 0.5) is 4.39 Å². The van der Waals surface area contributed by atoms with Gasteiger partial charge in [0.15, 0.2) is 0 Å². The van der Waals surface area contributed by atoms with Gasteiger partial charge in [-0.25, -0.2) is 4.39 Å². The van der Waals surface area contributed by atoms with Crippen molar-refractivity contribution in [3.63, 3.8) is 0 Å². The number of hydrogen-bond acceptors (Lipinski definition) is 4. The minimum atomic E-state index is -0.203. The number of pyridine rings is 1. The fourth-order valence-electron chi connectivity index (χ4n) is 3.86. The number of benzene rings is 1. The summed E-state index contributed by atoms with van der Waals surface area (Å²) in [6.07, 6.45) is 2.82. The highest BCUT2D eigenvalue weighted by atomic mass is 32.1. The minimum absolute atomic E-state index is 0.203. The van der Waals surface area contributed by atoms with Crippen LogP contribution in [0.2, 0.25) is 0 Å². The first-order chi connectivity index (χ1) is 12.8. The summed E-state index contributed by atoms with van der Waals surface area (Å²) in [5.41, 5.74) is 3.28. The first-order valence-electron chi connectivity index (χ1n) is 8.67. The molecule has 0 saturated heterocycles. The number of nitrogens with zero attached hydrogens (tertiary/aromatic N) is 2. The molecule has 1 unspecified atom stereocenters. The van der Waals surface area contributed by atoms with Gasteiger partial charge in [0, 0.05) is 34.4 Å². The van der Waals surface area contributed by atoms with Crippen molar-refractivity contribution in [2.75, 3.05) is 6.54 Å². The highest BCUT2D eigenvalue weighted by Gasteiger charge is 2.30. The maximum atomic E-state index is 14.1. The van der Waals surface area contributed by atoms with Crippen LogP contribution in [0.15, 0.2) is 59.4 Å². The first-order valence-corrected chi connectivity index (χ1v) is 10.4. The summed E-state index contributed by atoms with van der Waals surface area (Å²) in [5.74, 6) is -0.203. The average Bonchev–Trinajstić information content (AvgIpc) is 3.36. The molecular weight excluding hydrogens is 363 g/mol. The molecule has 0 fully saturated rings. The van der Waals surface area contributed by atoms with Gasteiger partial charge in [0.05, 0.1) is 11.6 Å². The van der Waals surface area contributed by atoms with Crippen LogP contribution >= 0.6 is 22.7 Å². The predicted molar refractivity (Wildman–Crippen MR) is 106 cm³/mol. The quantitative estimate of drug-likeness (QED) is 0.457. The van der Waals surface area contributed by atoms with Gasteiger partial charge in [0.1, 0.15) is 5.82 Å². The minimum Gasteiger partial charge on any atom is -0.287 e. The summed E-state index contributed by atoms with van der Waals surface area (Å²) >= 11 is 3.66. The Kier molecular flexibility index (Phi) is 4.08. The van der Waals surface area contributed by atoms with Crippen molar-refractivity contribution in [1.82, 2.24) is 9.88 Å². The lowest BCUT2D eigenvalue weighted by molar-refractivity contribution is 0.209. The predicted octanol–water partition coefficient (Wildman–Crippen LogP) is 5.64. The van der Waals surface area contributed by atoms with Gasteiger partial charge < -0.3 is 0 Å². The van der Waals surface area contributed by atoms with Crippen molar-refractivity contribution in [3.05, 3.63) is 86.1 Å². The molecule has 1 aromatic carbocycles. The lowest BCUT2D eigenvalue weighted by atomic mass is 9.97. The zero-order chi connectivity index (χ0) is 17.5. The molecule has 4 aromatic rings. The number of halogens is 1. The molecule has 0 amide bonds. The van der Waals surface area contributed by atoms with Crippen LogP contribution in [0.5, 0.6) is 0 Å². The maximum Gasteiger partial charge on any atom is 0.132 e. The molecule has 1 aliphatic rings. The molecular formula is C21H17FN2S2. The molecule has 0 aliphatic carbocycles. The fraction of sp³-hybridized carbons (Fsp3) is 0.190. The Morgan fingerprint density at radius 3 is 2.92 bits per heavy atom. The van der Waals surface area contributed by atoms with E-state index in [9.17, 15) is 4.39 Å². The standard InChI is InChI=1S/C21H17FN2S2/c22-17-6-5-14(20-15(17)3-1-9-23-20)13-24-10-7-18-16(8-12-26-18)21(24)19-4-2-11-25-19/h1-6,8-9,11-12,21H,7,10,13H2. The van der Waals surface area contributed by atoms with Crippen LogP contribution in [0.1, 0.15) is 26.9 Å². The molecule has 0 bridgehead atoms. The molecule has 0 N–H and O–H groups in total. The maximum absolute atomic E-state index is 14.1. The SMILES string of the molecule is Fc1ccc(CN2CCc3sccc3C2c2cccs2)c2ncccc12. The van der Waals surface area contributed by atoms with E-state index >= 15 is 0 Å². The van der Waals surface area contributed by atoms with Gasteiger partial charge in [-0.15, -0.1) is 22.7 Å². The van der Waals surface area contributed by atoms with E-state index in [-0.39, 0.29) is 11.9 Å². The topological polar surface area (TPSA) is 16.1 Å². The average molecular weight is 381 g/mol. The van der Waals surface area contributed by atoms with Crippen LogP contribution in [-0.4, -0.2) is 16.4 Å². The van der Waals surface area contributed by atoms with Gasteiger partial charge in [-0.1, -0.05) is 12.1 Å². The first kappa shape index (κ1) is 16.1. The molecule has 2 nitrogen and oxygen atoms in total. The second-order valence-electron chi connectivity index (χ2n) is 6.54. The van der Waals surface area contributed by atoms with Gasteiger partial charge in [-0.2, -0.15) is 0 Å². The molecule has 0 radical (unpaired) electrons. The lowest BCUT2D eigenvalue weighted by Gasteiger charge is -2.35. The Morgan fingerprint density at radius 2 is 2.04 bits per heavy atom. The van der Waals surface area contributed by atoms with Crippen molar-refractivity contribution in [1.29, 1.82) is 0 Å². The highest BCUT2D eigenvalue weighted by molar-refractivity contribution is 7.10. The third-order valence-electron chi connectivity index (χ3n) is 5.05. The van der Waals surface area contributed by atoms with Crippen LogP contribution in [0.25, 0.3) is 10.9 Å². The van der Waals surface area contributed by atoms with Crippen molar-refractivity contribution in [2.45, 2.75) is 19.0 Å². The summed E-state index contributed by atoms with van der Waals surface area (Å²) in [7, 11) is 0. The summed E-state index contributed by atoms with van der Waals surface area (Å²) in [4.78, 5) is 9.82. The lowest BCUT2D eigenvalue weighted by Crippen LogP contribution is -2.34. The van der Waals surface area contributed by atoms with E-state index in [1.807, 2.05) is 23.5 Å². The Balaban J connectivity index is 1.57. The molecule has 0 spiro atoms. The molecule has 4 heterocycles. The van der Waals surface area contributed by atoms with Crippen LogP contribution in [0, 0.1) is 5.82 Å². The second-order valence-corrected chi connectivity index (χ2v) is 8.52. The number of rotatable bonds is 3. The van der Waals surface area contributed by atoms with Gasteiger partial charge in [-0.05, 0) is 58.6 Å². The zero-order valence-corrected chi connectivity index (χ0v) is 15.7. The number of aromatic nitrogens is 1. The Bertz CT molecular complexity index is 1060. The van der Waals surface area contributed by atoms with E-state index in [1.54, 1.807) is 29.7 Å². The monoisotopic (exact) mass is 380 g/mol. The van der Waals surface area contributed by atoms with Crippen LogP contribution in [-0.2, 0) is 13.0 Å². The van der Waals surface area contributed by atoms with E-state index in [0.29, 0.717) is 5.39 Å². The third-order valence-corrected chi connectivity index (χ3v) is 6.97. The molecule has 3 aromatic heterocycles. The summed E-state index contributed by atoms with van der Waals surface area (Å²) in [6, 6.07) is 13.9. The fourth-order valence-corrected chi connectivity index (χ4v) is 5.64. The number of fused-ring (bicyclic) bond motifs is 2. The summed E-state index contributed by atoms with van der Waals surface area (Å²) in [6.45, 7) is 1.77. The van der Waals surface area contributed by atoms with E-state index in [2.05, 4.69) is 38.8 Å². The van der Waals surface area contributed by atoms with Gasteiger partial charge >= 0.3 is 0 Å². The summed E-state index contributed by atoms with van der Waals surface area (Å²) in [5, 5.41) is 4.94. The van der Waals surface area contributed by atoms with Crippen molar-refractivity contribution in [3.8, 4) is 0 Å². The molecule has 1 atom stereocenters. The molecule has 5 heteroatoms. The van der Waals surface area contributed by atoms with E-state index in [0.717, 1.165) is 30.6 Å². The number of hydrogen-bond donors (Lipinski definition) is 0. The van der Waals surface area contributed by atoms with Gasteiger partial charge in [0.25, 0.3) is 0 Å². The second kappa shape index (κ2) is 6.58.